The Bertz CT molecular complexity index is 963. The van der Waals surface area contributed by atoms with Gasteiger partial charge in [-0.25, -0.2) is 4.98 Å². The molecule has 0 spiro atoms. The highest BCUT2D eigenvalue weighted by Gasteiger charge is 2.37. The van der Waals surface area contributed by atoms with Crippen LogP contribution in [0.1, 0.15) is 17.1 Å². The van der Waals surface area contributed by atoms with Crippen LogP contribution in [-0.2, 0) is 19.0 Å². The topological polar surface area (TPSA) is 65.1 Å². The van der Waals surface area contributed by atoms with Gasteiger partial charge in [0.25, 0.3) is 5.56 Å². The molecule has 0 atom stereocenters. The van der Waals surface area contributed by atoms with Crippen LogP contribution in [-0.4, -0.2) is 24.1 Å². The summed E-state index contributed by atoms with van der Waals surface area (Å²) < 4.78 is 40.4. The van der Waals surface area contributed by atoms with E-state index >= 15 is 0 Å². The van der Waals surface area contributed by atoms with Gasteiger partial charge < -0.3 is 4.57 Å². The highest BCUT2D eigenvalue weighted by molar-refractivity contribution is 7.98. The van der Waals surface area contributed by atoms with Crippen LogP contribution in [0.15, 0.2) is 34.3 Å². The molecular formula is C14H12F3N5OS. The van der Waals surface area contributed by atoms with Crippen molar-refractivity contribution in [2.45, 2.75) is 24.0 Å². The van der Waals surface area contributed by atoms with E-state index in [0.717, 1.165) is 21.9 Å². The number of aryl methyl sites for hydroxylation is 1. The van der Waals surface area contributed by atoms with E-state index in [9.17, 15) is 18.0 Å². The molecule has 3 heterocycles. The molecule has 0 aliphatic carbocycles. The maximum absolute atomic E-state index is 12.7. The Hall–Kier alpha value is -2.36. The minimum absolute atomic E-state index is 0.105. The van der Waals surface area contributed by atoms with Crippen molar-refractivity contribution >= 4 is 17.4 Å². The molecule has 0 saturated carbocycles. The van der Waals surface area contributed by atoms with Gasteiger partial charge in [0.15, 0.2) is 5.16 Å². The maximum Gasteiger partial charge on any atom is 0.451 e. The fraction of sp³-hybridized carbons (Fsp3) is 0.286. The summed E-state index contributed by atoms with van der Waals surface area (Å²) >= 11 is 1.04. The van der Waals surface area contributed by atoms with Crippen molar-refractivity contribution in [3.8, 4) is 0 Å². The minimum Gasteiger partial charge on any atom is -0.302 e. The summed E-state index contributed by atoms with van der Waals surface area (Å²) in [5, 5.41) is 6.80. The van der Waals surface area contributed by atoms with Gasteiger partial charge in [-0.05, 0) is 18.6 Å². The molecule has 0 radical (unpaired) electrons. The highest BCUT2D eigenvalue weighted by atomic mass is 32.2. The Morgan fingerprint density at radius 2 is 2.00 bits per heavy atom. The van der Waals surface area contributed by atoms with Crippen LogP contribution >= 0.6 is 11.8 Å². The summed E-state index contributed by atoms with van der Waals surface area (Å²) in [6.07, 6.45) is -2.88. The lowest BCUT2D eigenvalue weighted by molar-refractivity contribution is -0.147. The fourth-order valence-electron chi connectivity index (χ4n) is 2.16. The molecule has 0 aliphatic heterocycles. The van der Waals surface area contributed by atoms with E-state index in [1.807, 2.05) is 13.0 Å². The lowest BCUT2D eigenvalue weighted by atomic mass is 10.3. The Balaban J connectivity index is 1.85. The van der Waals surface area contributed by atoms with Gasteiger partial charge in [0, 0.05) is 25.1 Å². The standard InChI is InChI=1S/C14H12F3N5OS/c1-8-3-4-10-18-9(5-11(23)22(10)6-8)7-24-13-20-19-12(21(13)2)14(15,16)17/h3-6H,7H2,1-2H3. The van der Waals surface area contributed by atoms with Crippen molar-refractivity contribution in [2.24, 2.45) is 7.05 Å². The van der Waals surface area contributed by atoms with E-state index in [2.05, 4.69) is 15.2 Å². The first-order valence-electron chi connectivity index (χ1n) is 6.84. The monoisotopic (exact) mass is 355 g/mol. The van der Waals surface area contributed by atoms with Crippen LogP contribution < -0.4 is 5.56 Å². The van der Waals surface area contributed by atoms with Crippen LogP contribution in [0.4, 0.5) is 13.2 Å². The second kappa shape index (κ2) is 5.93. The van der Waals surface area contributed by atoms with Gasteiger partial charge in [-0.15, -0.1) is 10.2 Å². The van der Waals surface area contributed by atoms with Gasteiger partial charge in [-0.2, -0.15) is 13.2 Å². The number of halogens is 3. The summed E-state index contributed by atoms with van der Waals surface area (Å²) in [5.41, 5.74) is 1.63. The van der Waals surface area contributed by atoms with Gasteiger partial charge >= 0.3 is 6.18 Å². The summed E-state index contributed by atoms with van der Waals surface area (Å²) in [6, 6.07) is 4.91. The number of nitrogens with zero attached hydrogens (tertiary/aromatic N) is 5. The molecule has 0 bridgehead atoms. The largest absolute Gasteiger partial charge is 0.451 e. The van der Waals surface area contributed by atoms with Crippen molar-refractivity contribution in [3.05, 3.63) is 51.8 Å². The van der Waals surface area contributed by atoms with Gasteiger partial charge in [0.2, 0.25) is 5.82 Å². The van der Waals surface area contributed by atoms with E-state index in [1.54, 1.807) is 12.3 Å². The average Bonchev–Trinajstić information content (AvgIpc) is 2.87. The third-order valence-corrected chi connectivity index (χ3v) is 4.35. The number of aromatic nitrogens is 5. The van der Waals surface area contributed by atoms with Crippen molar-refractivity contribution < 1.29 is 13.2 Å². The normalized spacial score (nSPS) is 12.0. The molecule has 0 aromatic carbocycles. The summed E-state index contributed by atoms with van der Waals surface area (Å²) in [7, 11) is 1.25. The van der Waals surface area contributed by atoms with Gasteiger partial charge in [-0.1, -0.05) is 17.8 Å². The smallest absolute Gasteiger partial charge is 0.302 e. The molecular weight excluding hydrogens is 343 g/mol. The number of pyridine rings is 1. The first-order chi connectivity index (χ1) is 11.3. The number of fused-ring (bicyclic) bond motifs is 1. The van der Waals surface area contributed by atoms with E-state index in [-0.39, 0.29) is 16.5 Å². The van der Waals surface area contributed by atoms with Gasteiger partial charge in [0.1, 0.15) is 5.65 Å². The molecule has 6 nitrogen and oxygen atoms in total. The molecule has 0 saturated heterocycles. The summed E-state index contributed by atoms with van der Waals surface area (Å²) in [6.45, 7) is 1.86. The second-order valence-electron chi connectivity index (χ2n) is 5.17. The number of rotatable bonds is 3. The maximum atomic E-state index is 12.7. The number of thioether (sulfide) groups is 1. The van der Waals surface area contributed by atoms with Crippen molar-refractivity contribution in [1.82, 2.24) is 24.1 Å². The average molecular weight is 355 g/mol. The Labute approximate surface area is 138 Å². The zero-order chi connectivity index (χ0) is 17.5. The minimum atomic E-state index is -4.56. The molecule has 3 aromatic rings. The Morgan fingerprint density at radius 1 is 1.25 bits per heavy atom. The van der Waals surface area contributed by atoms with Gasteiger partial charge in [0.05, 0.1) is 5.69 Å². The lowest BCUT2D eigenvalue weighted by Gasteiger charge is -2.07. The summed E-state index contributed by atoms with van der Waals surface area (Å²) in [4.78, 5) is 16.4. The Morgan fingerprint density at radius 3 is 2.67 bits per heavy atom. The van der Waals surface area contributed by atoms with Crippen molar-refractivity contribution in [1.29, 1.82) is 0 Å². The molecule has 0 fully saturated rings. The SMILES string of the molecule is Cc1ccc2nc(CSc3nnc(C(F)(F)F)n3C)cc(=O)n2c1. The van der Waals surface area contributed by atoms with Crippen molar-refractivity contribution in [2.75, 3.05) is 0 Å². The quantitative estimate of drug-likeness (QED) is 0.675. The van der Waals surface area contributed by atoms with Crippen LogP contribution in [0.25, 0.3) is 5.65 Å². The number of hydrogen-bond donors (Lipinski definition) is 0. The molecule has 126 valence electrons. The Kier molecular flexibility index (Phi) is 4.08. The summed E-state index contributed by atoms with van der Waals surface area (Å²) in [5.74, 6) is -0.851. The van der Waals surface area contributed by atoms with Crippen LogP contribution in [0.2, 0.25) is 0 Å². The highest BCUT2D eigenvalue weighted by Crippen LogP contribution is 2.30. The number of alkyl halides is 3. The van der Waals surface area contributed by atoms with Crippen molar-refractivity contribution in [3.63, 3.8) is 0 Å². The fourth-order valence-corrected chi connectivity index (χ4v) is 2.96. The van der Waals surface area contributed by atoms with Crippen LogP contribution in [0, 0.1) is 6.92 Å². The number of hydrogen-bond acceptors (Lipinski definition) is 5. The van der Waals surface area contributed by atoms with E-state index in [0.29, 0.717) is 11.3 Å². The van der Waals surface area contributed by atoms with Crippen LogP contribution in [0.5, 0.6) is 0 Å². The van der Waals surface area contributed by atoms with Crippen LogP contribution in [0.3, 0.4) is 0 Å². The predicted octanol–water partition coefficient (Wildman–Crippen LogP) is 2.44. The first kappa shape index (κ1) is 16.5. The molecule has 3 aromatic heterocycles. The van der Waals surface area contributed by atoms with Gasteiger partial charge in [-0.3, -0.25) is 9.20 Å². The van der Waals surface area contributed by atoms with E-state index in [1.165, 1.54) is 17.5 Å². The molecule has 0 amide bonds. The second-order valence-corrected chi connectivity index (χ2v) is 6.11. The molecule has 0 N–H and O–H groups in total. The van der Waals surface area contributed by atoms with E-state index < -0.39 is 12.0 Å². The zero-order valence-electron chi connectivity index (χ0n) is 12.7. The molecule has 3 rings (SSSR count). The molecule has 0 unspecified atom stereocenters. The molecule has 24 heavy (non-hydrogen) atoms. The lowest BCUT2D eigenvalue weighted by Crippen LogP contribution is -2.15. The first-order valence-corrected chi connectivity index (χ1v) is 7.82. The molecule has 0 aliphatic rings. The predicted molar refractivity (Wildman–Crippen MR) is 81.8 cm³/mol. The third kappa shape index (κ3) is 3.14. The third-order valence-electron chi connectivity index (χ3n) is 3.30. The van der Waals surface area contributed by atoms with E-state index in [4.69, 9.17) is 0 Å². The zero-order valence-corrected chi connectivity index (χ0v) is 13.5. The molecule has 10 heteroatoms.